The molecule has 0 aromatic rings. The van der Waals surface area contributed by atoms with E-state index in [4.69, 9.17) is 4.74 Å². The third kappa shape index (κ3) is 3.95. The molecule has 1 aliphatic rings. The molecule has 1 fully saturated rings. The minimum atomic E-state index is -0.453. The minimum Gasteiger partial charge on any atom is -0.389 e. The number of rotatable bonds is 5. The zero-order valence-corrected chi connectivity index (χ0v) is 9.38. The van der Waals surface area contributed by atoms with Crippen molar-refractivity contribution < 1.29 is 9.84 Å². The largest absolute Gasteiger partial charge is 0.389 e. The molecular weight excluding hydrogens is 178 g/mol. The van der Waals surface area contributed by atoms with Crippen LogP contribution in [0.2, 0.25) is 0 Å². The fourth-order valence-electron chi connectivity index (χ4n) is 1.98. The van der Waals surface area contributed by atoms with Crippen LogP contribution in [0.4, 0.5) is 0 Å². The van der Waals surface area contributed by atoms with Crippen molar-refractivity contribution in [3.63, 3.8) is 0 Å². The summed E-state index contributed by atoms with van der Waals surface area (Å²) in [5.41, 5.74) is -0.453. The molecule has 0 saturated heterocycles. The summed E-state index contributed by atoms with van der Waals surface area (Å²) in [4.78, 5) is 0. The average Bonchev–Trinajstić information content (AvgIpc) is 2.18. The van der Waals surface area contributed by atoms with E-state index < -0.39 is 5.60 Å². The second-order valence-electron chi connectivity index (χ2n) is 4.46. The highest BCUT2D eigenvalue weighted by molar-refractivity contribution is 4.84. The first-order valence-electron chi connectivity index (χ1n) is 5.62. The maximum atomic E-state index is 10.2. The Morgan fingerprint density at radius 1 is 1.36 bits per heavy atom. The van der Waals surface area contributed by atoms with Gasteiger partial charge >= 0.3 is 0 Å². The Morgan fingerprint density at radius 3 is 2.57 bits per heavy atom. The Kier molecular flexibility index (Phi) is 4.85. The lowest BCUT2D eigenvalue weighted by molar-refractivity contribution is 0.00186. The van der Waals surface area contributed by atoms with Crippen LogP contribution in [0.25, 0.3) is 0 Å². The van der Waals surface area contributed by atoms with Gasteiger partial charge in [0, 0.05) is 20.2 Å². The van der Waals surface area contributed by atoms with Gasteiger partial charge in [-0.05, 0) is 19.8 Å². The van der Waals surface area contributed by atoms with Crippen molar-refractivity contribution in [2.45, 2.75) is 50.7 Å². The number of ether oxygens (including phenoxy) is 1. The molecule has 0 aromatic heterocycles. The first-order chi connectivity index (χ1) is 6.66. The predicted molar refractivity (Wildman–Crippen MR) is 57.4 cm³/mol. The lowest BCUT2D eigenvalue weighted by Crippen LogP contribution is -2.44. The second-order valence-corrected chi connectivity index (χ2v) is 4.46. The Morgan fingerprint density at radius 2 is 2.00 bits per heavy atom. The predicted octanol–water partition coefficient (Wildman–Crippen LogP) is 1.31. The van der Waals surface area contributed by atoms with Gasteiger partial charge in [-0.15, -0.1) is 0 Å². The molecule has 3 nitrogen and oxygen atoms in total. The number of aliphatic hydroxyl groups is 1. The molecule has 0 aromatic carbocycles. The number of hydrogen-bond acceptors (Lipinski definition) is 3. The first-order valence-corrected chi connectivity index (χ1v) is 5.62. The van der Waals surface area contributed by atoms with Crippen LogP contribution in [-0.4, -0.2) is 37.0 Å². The van der Waals surface area contributed by atoms with E-state index in [0.29, 0.717) is 6.54 Å². The van der Waals surface area contributed by atoms with Gasteiger partial charge in [0.2, 0.25) is 0 Å². The Bertz CT molecular complexity index is 155. The average molecular weight is 201 g/mol. The molecule has 0 heterocycles. The Hall–Kier alpha value is -0.120. The van der Waals surface area contributed by atoms with E-state index in [2.05, 4.69) is 5.32 Å². The van der Waals surface area contributed by atoms with Crippen molar-refractivity contribution in [3.05, 3.63) is 0 Å². The van der Waals surface area contributed by atoms with Crippen LogP contribution in [-0.2, 0) is 4.74 Å². The summed E-state index contributed by atoms with van der Waals surface area (Å²) in [7, 11) is 1.71. The summed E-state index contributed by atoms with van der Waals surface area (Å²) in [5.74, 6) is 0. The SMILES string of the molecule is COC(C)CNCC1(O)CCCCC1. The normalized spacial score (nSPS) is 23.4. The Balaban J connectivity index is 2.15. The third-order valence-electron chi connectivity index (χ3n) is 3.07. The molecule has 2 N–H and O–H groups in total. The molecule has 1 rings (SSSR count). The smallest absolute Gasteiger partial charge is 0.0771 e. The van der Waals surface area contributed by atoms with Gasteiger partial charge in [-0.3, -0.25) is 0 Å². The van der Waals surface area contributed by atoms with Gasteiger partial charge in [0.05, 0.1) is 11.7 Å². The fourth-order valence-corrected chi connectivity index (χ4v) is 1.98. The van der Waals surface area contributed by atoms with Crippen LogP contribution in [0.5, 0.6) is 0 Å². The molecule has 0 amide bonds. The summed E-state index contributed by atoms with van der Waals surface area (Å²) >= 11 is 0. The van der Waals surface area contributed by atoms with Crippen molar-refractivity contribution in [2.24, 2.45) is 0 Å². The van der Waals surface area contributed by atoms with Crippen LogP contribution >= 0.6 is 0 Å². The molecule has 0 bridgehead atoms. The highest BCUT2D eigenvalue weighted by atomic mass is 16.5. The summed E-state index contributed by atoms with van der Waals surface area (Å²) in [6.07, 6.45) is 5.72. The summed E-state index contributed by atoms with van der Waals surface area (Å²) < 4.78 is 5.13. The number of methoxy groups -OCH3 is 1. The quantitative estimate of drug-likeness (QED) is 0.704. The van der Waals surface area contributed by atoms with Gasteiger partial charge in [-0.2, -0.15) is 0 Å². The van der Waals surface area contributed by atoms with Gasteiger partial charge in [-0.1, -0.05) is 19.3 Å². The van der Waals surface area contributed by atoms with Crippen molar-refractivity contribution in [1.82, 2.24) is 5.32 Å². The molecule has 1 saturated carbocycles. The van der Waals surface area contributed by atoms with E-state index in [1.165, 1.54) is 6.42 Å². The lowest BCUT2D eigenvalue weighted by atomic mass is 9.85. The molecule has 3 heteroatoms. The highest BCUT2D eigenvalue weighted by Gasteiger charge is 2.28. The third-order valence-corrected chi connectivity index (χ3v) is 3.07. The van der Waals surface area contributed by atoms with Gasteiger partial charge < -0.3 is 15.2 Å². The fraction of sp³-hybridized carbons (Fsp3) is 1.00. The molecular formula is C11H23NO2. The standard InChI is InChI=1S/C11H23NO2/c1-10(14-2)8-12-9-11(13)6-4-3-5-7-11/h10,12-13H,3-9H2,1-2H3. The van der Waals surface area contributed by atoms with Crippen LogP contribution < -0.4 is 5.32 Å². The monoisotopic (exact) mass is 201 g/mol. The molecule has 84 valence electrons. The molecule has 14 heavy (non-hydrogen) atoms. The minimum absolute atomic E-state index is 0.224. The van der Waals surface area contributed by atoms with E-state index in [9.17, 15) is 5.11 Å². The molecule has 1 atom stereocenters. The molecule has 0 aliphatic heterocycles. The molecule has 0 spiro atoms. The van der Waals surface area contributed by atoms with Gasteiger partial charge in [0.25, 0.3) is 0 Å². The van der Waals surface area contributed by atoms with Crippen molar-refractivity contribution in [3.8, 4) is 0 Å². The summed E-state index contributed by atoms with van der Waals surface area (Å²) in [5, 5.41) is 13.4. The summed E-state index contributed by atoms with van der Waals surface area (Å²) in [6.45, 7) is 3.55. The highest BCUT2D eigenvalue weighted by Crippen LogP contribution is 2.27. The van der Waals surface area contributed by atoms with E-state index in [0.717, 1.165) is 32.2 Å². The topological polar surface area (TPSA) is 41.5 Å². The zero-order chi connectivity index (χ0) is 10.4. The van der Waals surface area contributed by atoms with E-state index in [-0.39, 0.29) is 6.10 Å². The van der Waals surface area contributed by atoms with Crippen molar-refractivity contribution >= 4 is 0 Å². The molecule has 1 unspecified atom stereocenters. The summed E-state index contributed by atoms with van der Waals surface area (Å²) in [6, 6.07) is 0. The zero-order valence-electron chi connectivity index (χ0n) is 9.38. The molecule has 1 aliphatic carbocycles. The molecule has 0 radical (unpaired) electrons. The van der Waals surface area contributed by atoms with Crippen LogP contribution in [0.15, 0.2) is 0 Å². The maximum absolute atomic E-state index is 10.2. The van der Waals surface area contributed by atoms with Gasteiger partial charge in [0.15, 0.2) is 0 Å². The van der Waals surface area contributed by atoms with Crippen molar-refractivity contribution in [2.75, 3.05) is 20.2 Å². The number of hydrogen-bond donors (Lipinski definition) is 2. The second kappa shape index (κ2) is 5.69. The van der Waals surface area contributed by atoms with Gasteiger partial charge in [-0.25, -0.2) is 0 Å². The van der Waals surface area contributed by atoms with E-state index >= 15 is 0 Å². The van der Waals surface area contributed by atoms with E-state index in [1.54, 1.807) is 7.11 Å². The Labute approximate surface area is 86.8 Å². The maximum Gasteiger partial charge on any atom is 0.0771 e. The van der Waals surface area contributed by atoms with E-state index in [1.807, 2.05) is 6.92 Å². The van der Waals surface area contributed by atoms with Crippen molar-refractivity contribution in [1.29, 1.82) is 0 Å². The van der Waals surface area contributed by atoms with Crippen LogP contribution in [0.3, 0.4) is 0 Å². The van der Waals surface area contributed by atoms with Gasteiger partial charge in [0.1, 0.15) is 0 Å². The first kappa shape index (κ1) is 12.0. The van der Waals surface area contributed by atoms with Crippen LogP contribution in [0.1, 0.15) is 39.0 Å². The lowest BCUT2D eigenvalue weighted by Gasteiger charge is -2.32. The van der Waals surface area contributed by atoms with Crippen LogP contribution in [0, 0.1) is 0 Å². The number of nitrogens with one attached hydrogen (secondary N) is 1.